The van der Waals surface area contributed by atoms with Gasteiger partial charge < -0.3 is 17.2 Å². The lowest BCUT2D eigenvalue weighted by Gasteiger charge is -2.21. The Bertz CT molecular complexity index is 286. The van der Waals surface area contributed by atoms with Gasteiger partial charge in [-0.15, -0.1) is 0 Å². The van der Waals surface area contributed by atoms with E-state index in [2.05, 4.69) is 0 Å². The first-order chi connectivity index (χ1) is 5.43. The normalized spacial score (nSPS) is 11.6. The van der Waals surface area contributed by atoms with Crippen molar-refractivity contribution in [2.24, 2.45) is 5.73 Å². The molecule has 1 aromatic carbocycles. The Labute approximate surface area is 72.5 Å². The topological polar surface area (TPSA) is 78.1 Å². The summed E-state index contributed by atoms with van der Waals surface area (Å²) in [5, 5.41) is 0. The van der Waals surface area contributed by atoms with Crippen molar-refractivity contribution in [3.05, 3.63) is 23.8 Å². The highest BCUT2D eigenvalue weighted by atomic mass is 14.7. The summed E-state index contributed by atoms with van der Waals surface area (Å²) in [5.41, 5.74) is 18.9. The SMILES string of the molecule is CC(C)(N)c1cccc(N)c1N. The second-order valence-corrected chi connectivity index (χ2v) is 3.53. The second-order valence-electron chi connectivity index (χ2n) is 3.53. The molecular formula is C9H15N3. The summed E-state index contributed by atoms with van der Waals surface area (Å²) >= 11 is 0. The fraction of sp³-hybridized carbons (Fsp3) is 0.333. The van der Waals surface area contributed by atoms with Crippen LogP contribution in [0.25, 0.3) is 0 Å². The van der Waals surface area contributed by atoms with E-state index in [-0.39, 0.29) is 0 Å². The lowest BCUT2D eigenvalue weighted by molar-refractivity contribution is 0.557. The van der Waals surface area contributed by atoms with Crippen LogP contribution in [0.15, 0.2) is 18.2 Å². The smallest absolute Gasteiger partial charge is 0.0598 e. The summed E-state index contributed by atoms with van der Waals surface area (Å²) in [6, 6.07) is 5.52. The summed E-state index contributed by atoms with van der Waals surface area (Å²) < 4.78 is 0. The summed E-state index contributed by atoms with van der Waals surface area (Å²) in [6.07, 6.45) is 0. The Morgan fingerprint density at radius 1 is 1.17 bits per heavy atom. The van der Waals surface area contributed by atoms with E-state index in [1.54, 1.807) is 6.07 Å². The van der Waals surface area contributed by atoms with E-state index < -0.39 is 5.54 Å². The highest BCUT2D eigenvalue weighted by Gasteiger charge is 2.17. The molecule has 0 amide bonds. The van der Waals surface area contributed by atoms with Crippen LogP contribution in [0.4, 0.5) is 11.4 Å². The molecule has 3 nitrogen and oxygen atoms in total. The van der Waals surface area contributed by atoms with Gasteiger partial charge in [-0.1, -0.05) is 12.1 Å². The Morgan fingerprint density at radius 2 is 1.75 bits per heavy atom. The van der Waals surface area contributed by atoms with Crippen LogP contribution in [-0.2, 0) is 5.54 Å². The zero-order valence-corrected chi connectivity index (χ0v) is 7.46. The van der Waals surface area contributed by atoms with Gasteiger partial charge in [0.05, 0.1) is 11.4 Å². The lowest BCUT2D eigenvalue weighted by Crippen LogP contribution is -2.29. The molecule has 12 heavy (non-hydrogen) atoms. The molecule has 66 valence electrons. The number of anilines is 2. The van der Waals surface area contributed by atoms with Crippen molar-refractivity contribution < 1.29 is 0 Å². The molecule has 0 saturated carbocycles. The quantitative estimate of drug-likeness (QED) is 0.544. The fourth-order valence-electron chi connectivity index (χ4n) is 1.14. The van der Waals surface area contributed by atoms with Crippen LogP contribution >= 0.6 is 0 Å². The molecule has 6 N–H and O–H groups in total. The van der Waals surface area contributed by atoms with Gasteiger partial charge in [0, 0.05) is 5.54 Å². The van der Waals surface area contributed by atoms with E-state index >= 15 is 0 Å². The molecule has 0 spiro atoms. The van der Waals surface area contributed by atoms with Crippen LogP contribution in [0, 0.1) is 0 Å². The number of hydrogen-bond donors (Lipinski definition) is 3. The molecule has 0 aliphatic heterocycles. The number of nitrogen functional groups attached to an aromatic ring is 2. The van der Waals surface area contributed by atoms with Crippen molar-refractivity contribution in [3.8, 4) is 0 Å². The first kappa shape index (κ1) is 8.87. The van der Waals surface area contributed by atoms with Crippen LogP contribution in [-0.4, -0.2) is 0 Å². The Morgan fingerprint density at radius 3 is 2.17 bits per heavy atom. The van der Waals surface area contributed by atoms with Gasteiger partial charge in [-0.3, -0.25) is 0 Å². The van der Waals surface area contributed by atoms with Crippen molar-refractivity contribution in [2.75, 3.05) is 11.5 Å². The first-order valence-corrected chi connectivity index (χ1v) is 3.86. The zero-order valence-electron chi connectivity index (χ0n) is 7.46. The number of nitrogens with two attached hydrogens (primary N) is 3. The van der Waals surface area contributed by atoms with Crippen molar-refractivity contribution in [1.29, 1.82) is 0 Å². The minimum atomic E-state index is -0.431. The van der Waals surface area contributed by atoms with E-state index in [1.807, 2.05) is 26.0 Å². The highest BCUT2D eigenvalue weighted by Crippen LogP contribution is 2.27. The number of benzene rings is 1. The number of hydrogen-bond acceptors (Lipinski definition) is 3. The molecule has 0 aliphatic rings. The second kappa shape index (κ2) is 2.68. The summed E-state index contributed by atoms with van der Waals surface area (Å²) in [7, 11) is 0. The third-order valence-corrected chi connectivity index (χ3v) is 1.83. The molecule has 0 radical (unpaired) electrons. The minimum Gasteiger partial charge on any atom is -0.397 e. The van der Waals surface area contributed by atoms with E-state index in [0.717, 1.165) is 5.56 Å². The van der Waals surface area contributed by atoms with Crippen LogP contribution < -0.4 is 17.2 Å². The van der Waals surface area contributed by atoms with Crippen LogP contribution in [0.3, 0.4) is 0 Å². The highest BCUT2D eigenvalue weighted by molar-refractivity contribution is 5.68. The van der Waals surface area contributed by atoms with E-state index in [0.29, 0.717) is 11.4 Å². The molecule has 3 heteroatoms. The predicted octanol–water partition coefficient (Wildman–Crippen LogP) is 1.04. The standard InChI is InChI=1S/C9H15N3/c1-9(2,12)6-4-3-5-7(10)8(6)11/h3-5H,10-12H2,1-2H3. The molecule has 1 rings (SSSR count). The summed E-state index contributed by atoms with van der Waals surface area (Å²) in [6.45, 7) is 3.80. The maximum Gasteiger partial charge on any atom is 0.0598 e. The van der Waals surface area contributed by atoms with Gasteiger partial charge >= 0.3 is 0 Å². The maximum atomic E-state index is 5.89. The van der Waals surface area contributed by atoms with Crippen molar-refractivity contribution in [1.82, 2.24) is 0 Å². The van der Waals surface area contributed by atoms with Gasteiger partial charge in [-0.25, -0.2) is 0 Å². The molecule has 1 aromatic rings. The maximum absolute atomic E-state index is 5.89. The van der Waals surface area contributed by atoms with Crippen LogP contribution in [0.1, 0.15) is 19.4 Å². The molecule has 0 fully saturated rings. The van der Waals surface area contributed by atoms with Gasteiger partial charge in [-0.2, -0.15) is 0 Å². The Kier molecular flexibility index (Phi) is 1.98. The van der Waals surface area contributed by atoms with Crippen molar-refractivity contribution in [3.63, 3.8) is 0 Å². The Balaban J connectivity index is 3.26. The van der Waals surface area contributed by atoms with Gasteiger partial charge in [-0.05, 0) is 25.5 Å². The van der Waals surface area contributed by atoms with E-state index in [9.17, 15) is 0 Å². The Hall–Kier alpha value is -1.22. The average molecular weight is 165 g/mol. The third kappa shape index (κ3) is 1.51. The zero-order chi connectivity index (χ0) is 9.35. The summed E-state index contributed by atoms with van der Waals surface area (Å²) in [4.78, 5) is 0. The average Bonchev–Trinajstić information content (AvgIpc) is 1.92. The largest absolute Gasteiger partial charge is 0.397 e. The fourth-order valence-corrected chi connectivity index (χ4v) is 1.14. The lowest BCUT2D eigenvalue weighted by atomic mass is 9.93. The van der Waals surface area contributed by atoms with Crippen molar-refractivity contribution >= 4 is 11.4 Å². The van der Waals surface area contributed by atoms with Crippen LogP contribution in [0.2, 0.25) is 0 Å². The van der Waals surface area contributed by atoms with E-state index in [4.69, 9.17) is 17.2 Å². The molecular weight excluding hydrogens is 150 g/mol. The number of rotatable bonds is 1. The van der Waals surface area contributed by atoms with Gasteiger partial charge in [0.25, 0.3) is 0 Å². The third-order valence-electron chi connectivity index (χ3n) is 1.83. The monoisotopic (exact) mass is 165 g/mol. The molecule has 0 aliphatic carbocycles. The predicted molar refractivity (Wildman–Crippen MR) is 52.5 cm³/mol. The molecule has 0 heterocycles. The van der Waals surface area contributed by atoms with E-state index in [1.165, 1.54) is 0 Å². The molecule has 0 aromatic heterocycles. The van der Waals surface area contributed by atoms with Gasteiger partial charge in [0.15, 0.2) is 0 Å². The molecule has 0 bridgehead atoms. The van der Waals surface area contributed by atoms with Gasteiger partial charge in [0.2, 0.25) is 0 Å². The summed E-state index contributed by atoms with van der Waals surface area (Å²) in [5.74, 6) is 0. The number of para-hydroxylation sites is 1. The molecule has 0 unspecified atom stereocenters. The van der Waals surface area contributed by atoms with Crippen molar-refractivity contribution in [2.45, 2.75) is 19.4 Å². The molecule has 0 atom stereocenters. The first-order valence-electron chi connectivity index (χ1n) is 3.86. The van der Waals surface area contributed by atoms with Crippen LogP contribution in [0.5, 0.6) is 0 Å². The van der Waals surface area contributed by atoms with Gasteiger partial charge in [0.1, 0.15) is 0 Å². The molecule has 0 saturated heterocycles. The minimum absolute atomic E-state index is 0.431.